The first-order chi connectivity index (χ1) is 13.5. The molecule has 0 bridgehead atoms. The van der Waals surface area contributed by atoms with Crippen LogP contribution >= 0.6 is 11.3 Å². The fourth-order valence-corrected chi connectivity index (χ4v) is 3.32. The maximum Gasteiger partial charge on any atom is 0.314 e. The molecule has 146 valence electrons. The minimum absolute atomic E-state index is 0.108. The molecule has 0 saturated heterocycles. The fraction of sp³-hybridized carbons (Fsp3) is 0.211. The van der Waals surface area contributed by atoms with Gasteiger partial charge in [-0.2, -0.15) is 0 Å². The van der Waals surface area contributed by atoms with Crippen molar-refractivity contribution in [2.24, 2.45) is 0 Å². The average molecular weight is 402 g/mol. The topological polar surface area (TPSA) is 93.0 Å². The fourth-order valence-electron chi connectivity index (χ4n) is 2.52. The van der Waals surface area contributed by atoms with E-state index in [4.69, 9.17) is 18.9 Å². The van der Waals surface area contributed by atoms with Gasteiger partial charge >= 0.3 is 5.69 Å². The first-order valence-corrected chi connectivity index (χ1v) is 9.05. The van der Waals surface area contributed by atoms with Gasteiger partial charge in [0.2, 0.25) is 0 Å². The number of nitro groups is 1. The molecule has 0 unspecified atom stereocenters. The van der Waals surface area contributed by atoms with Gasteiger partial charge in [0.25, 0.3) is 0 Å². The van der Waals surface area contributed by atoms with E-state index < -0.39 is 4.92 Å². The van der Waals surface area contributed by atoms with Crippen molar-refractivity contribution in [2.45, 2.75) is 6.61 Å². The highest BCUT2D eigenvalue weighted by Crippen LogP contribution is 2.34. The molecular weight excluding hydrogens is 384 g/mol. The summed E-state index contributed by atoms with van der Waals surface area (Å²) in [6.07, 6.45) is 0. The molecule has 0 aliphatic heterocycles. The van der Waals surface area contributed by atoms with Crippen LogP contribution in [-0.2, 0) is 6.61 Å². The van der Waals surface area contributed by atoms with Gasteiger partial charge < -0.3 is 18.9 Å². The number of benzene rings is 2. The number of thiazole rings is 1. The monoisotopic (exact) mass is 402 g/mol. The van der Waals surface area contributed by atoms with Crippen molar-refractivity contribution >= 4 is 17.0 Å². The lowest BCUT2D eigenvalue weighted by Crippen LogP contribution is -2.00. The maximum absolute atomic E-state index is 11.2. The normalized spacial score (nSPS) is 10.4. The van der Waals surface area contributed by atoms with E-state index in [1.807, 2.05) is 23.6 Å². The second-order valence-corrected chi connectivity index (χ2v) is 6.45. The zero-order valence-electron chi connectivity index (χ0n) is 15.5. The van der Waals surface area contributed by atoms with Gasteiger partial charge in [0.1, 0.15) is 17.4 Å². The van der Waals surface area contributed by atoms with E-state index in [0.717, 1.165) is 10.6 Å². The Hall–Kier alpha value is -3.33. The molecule has 1 heterocycles. The molecule has 3 aromatic rings. The summed E-state index contributed by atoms with van der Waals surface area (Å²) >= 11 is 1.45. The van der Waals surface area contributed by atoms with E-state index >= 15 is 0 Å². The van der Waals surface area contributed by atoms with Gasteiger partial charge in [-0.3, -0.25) is 10.1 Å². The zero-order valence-corrected chi connectivity index (χ0v) is 16.3. The minimum Gasteiger partial charge on any atom is -0.496 e. The van der Waals surface area contributed by atoms with E-state index in [-0.39, 0.29) is 18.0 Å². The van der Waals surface area contributed by atoms with Crippen LogP contribution in [-0.4, -0.2) is 31.2 Å². The van der Waals surface area contributed by atoms with Crippen molar-refractivity contribution in [3.8, 4) is 33.6 Å². The van der Waals surface area contributed by atoms with Crippen molar-refractivity contribution in [2.75, 3.05) is 21.3 Å². The Morgan fingerprint density at radius 1 is 1.00 bits per heavy atom. The molecule has 0 radical (unpaired) electrons. The third kappa shape index (κ3) is 4.15. The lowest BCUT2D eigenvalue weighted by Gasteiger charge is -2.08. The van der Waals surface area contributed by atoms with Gasteiger partial charge in [-0.15, -0.1) is 11.3 Å². The highest BCUT2D eigenvalue weighted by atomic mass is 32.1. The molecule has 0 spiro atoms. The molecule has 3 rings (SSSR count). The van der Waals surface area contributed by atoms with E-state index in [2.05, 4.69) is 4.98 Å². The molecule has 8 nitrogen and oxygen atoms in total. The van der Waals surface area contributed by atoms with Gasteiger partial charge in [-0.25, -0.2) is 4.98 Å². The highest BCUT2D eigenvalue weighted by Gasteiger charge is 2.17. The van der Waals surface area contributed by atoms with Crippen LogP contribution in [0, 0.1) is 10.1 Å². The summed E-state index contributed by atoms with van der Waals surface area (Å²) in [6.45, 7) is 0.108. The van der Waals surface area contributed by atoms with E-state index in [1.54, 1.807) is 20.3 Å². The summed E-state index contributed by atoms with van der Waals surface area (Å²) in [5.41, 5.74) is 1.39. The second-order valence-electron chi connectivity index (χ2n) is 5.59. The van der Waals surface area contributed by atoms with Crippen LogP contribution in [0.4, 0.5) is 5.69 Å². The SMILES string of the molecule is COc1ccc(OCc2csc(-c3ccc(OC)c(OC)c3)n2)c([N+](=O)[O-])c1. The predicted octanol–water partition coefficient (Wildman–Crippen LogP) is 4.32. The molecule has 1 aromatic heterocycles. The second kappa shape index (κ2) is 8.57. The number of nitro benzene ring substituents is 1. The van der Waals surface area contributed by atoms with Crippen molar-refractivity contribution in [3.63, 3.8) is 0 Å². The molecule has 0 N–H and O–H groups in total. The summed E-state index contributed by atoms with van der Waals surface area (Å²) in [5.74, 6) is 1.80. The van der Waals surface area contributed by atoms with Crippen LogP contribution in [0.5, 0.6) is 23.0 Å². The van der Waals surface area contributed by atoms with Gasteiger partial charge in [0.15, 0.2) is 17.2 Å². The van der Waals surface area contributed by atoms with Crippen molar-refractivity contribution in [3.05, 3.63) is 57.6 Å². The molecule has 0 fully saturated rings. The molecule has 0 atom stereocenters. The Balaban J connectivity index is 1.76. The number of nitrogens with zero attached hydrogens (tertiary/aromatic N) is 2. The van der Waals surface area contributed by atoms with Crippen molar-refractivity contribution in [1.82, 2.24) is 4.98 Å². The summed E-state index contributed by atoms with van der Waals surface area (Å²) in [7, 11) is 4.60. The van der Waals surface area contributed by atoms with Crippen LogP contribution in [0.15, 0.2) is 41.8 Å². The number of methoxy groups -OCH3 is 3. The van der Waals surface area contributed by atoms with Gasteiger partial charge in [0, 0.05) is 10.9 Å². The third-order valence-electron chi connectivity index (χ3n) is 3.92. The number of hydrogen-bond donors (Lipinski definition) is 0. The Morgan fingerprint density at radius 2 is 1.75 bits per heavy atom. The van der Waals surface area contributed by atoms with Crippen LogP contribution in [0.25, 0.3) is 10.6 Å². The summed E-state index contributed by atoms with van der Waals surface area (Å²) in [6, 6.07) is 9.99. The third-order valence-corrected chi connectivity index (χ3v) is 4.86. The predicted molar refractivity (Wildman–Crippen MR) is 105 cm³/mol. The molecule has 0 saturated carbocycles. The minimum atomic E-state index is -0.506. The van der Waals surface area contributed by atoms with E-state index in [0.29, 0.717) is 22.9 Å². The smallest absolute Gasteiger partial charge is 0.314 e. The van der Waals surface area contributed by atoms with E-state index in [9.17, 15) is 10.1 Å². The quantitative estimate of drug-likeness (QED) is 0.409. The van der Waals surface area contributed by atoms with Crippen LogP contribution in [0.3, 0.4) is 0 Å². The Kier molecular flexibility index (Phi) is 5.95. The first-order valence-electron chi connectivity index (χ1n) is 8.17. The number of rotatable bonds is 8. The maximum atomic E-state index is 11.2. The van der Waals surface area contributed by atoms with Gasteiger partial charge in [-0.1, -0.05) is 0 Å². The molecule has 0 aliphatic rings. The van der Waals surface area contributed by atoms with Crippen molar-refractivity contribution in [1.29, 1.82) is 0 Å². The first kappa shape index (κ1) is 19.4. The number of ether oxygens (including phenoxy) is 4. The highest BCUT2D eigenvalue weighted by molar-refractivity contribution is 7.13. The Bertz CT molecular complexity index is 988. The lowest BCUT2D eigenvalue weighted by molar-refractivity contribution is -0.386. The van der Waals surface area contributed by atoms with Crippen molar-refractivity contribution < 1.29 is 23.9 Å². The zero-order chi connectivity index (χ0) is 20.1. The molecule has 28 heavy (non-hydrogen) atoms. The number of hydrogen-bond acceptors (Lipinski definition) is 8. The standard InChI is InChI=1S/C19H18N2O6S/c1-24-14-5-7-16(15(9-14)21(22)23)27-10-13-11-28-19(20-13)12-4-6-17(25-2)18(8-12)26-3/h4-9,11H,10H2,1-3H3. The molecule has 0 amide bonds. The summed E-state index contributed by atoms with van der Waals surface area (Å²) in [4.78, 5) is 15.3. The molecule has 0 aliphatic carbocycles. The number of aromatic nitrogens is 1. The van der Waals surface area contributed by atoms with Crippen LogP contribution in [0.1, 0.15) is 5.69 Å². The van der Waals surface area contributed by atoms with Gasteiger partial charge in [0.05, 0.1) is 38.0 Å². The summed E-state index contributed by atoms with van der Waals surface area (Å²) < 4.78 is 21.2. The lowest BCUT2D eigenvalue weighted by atomic mass is 10.2. The van der Waals surface area contributed by atoms with Gasteiger partial charge in [-0.05, 0) is 30.3 Å². The largest absolute Gasteiger partial charge is 0.496 e. The van der Waals surface area contributed by atoms with E-state index in [1.165, 1.54) is 30.6 Å². The Morgan fingerprint density at radius 3 is 2.43 bits per heavy atom. The van der Waals surface area contributed by atoms with Crippen LogP contribution in [0.2, 0.25) is 0 Å². The average Bonchev–Trinajstić information content (AvgIpc) is 3.20. The molecular formula is C19H18N2O6S. The molecule has 9 heteroatoms. The van der Waals surface area contributed by atoms with Crippen LogP contribution < -0.4 is 18.9 Å². The summed E-state index contributed by atoms with van der Waals surface area (Å²) in [5, 5.41) is 13.9. The Labute approximate surface area is 165 Å². The molecule has 2 aromatic carbocycles.